The predicted molar refractivity (Wildman–Crippen MR) is 97.7 cm³/mol. The molecule has 0 radical (unpaired) electrons. The van der Waals surface area contributed by atoms with E-state index in [1.54, 1.807) is 6.33 Å². The first-order valence-electron chi connectivity index (χ1n) is 9.55. The van der Waals surface area contributed by atoms with Gasteiger partial charge in [0, 0.05) is 12.8 Å². The summed E-state index contributed by atoms with van der Waals surface area (Å²) in [5.41, 5.74) is 0.887. The second-order valence-electron chi connectivity index (χ2n) is 6.40. The number of H-pyrrole nitrogens is 1. The van der Waals surface area contributed by atoms with E-state index in [2.05, 4.69) is 31.8 Å². The average molecular weight is 329 g/mol. The number of unbranched alkanes of at least 4 members (excludes halogenated alkanes) is 8. The lowest BCUT2D eigenvalue weighted by Crippen LogP contribution is -1.97. The van der Waals surface area contributed by atoms with Gasteiger partial charge in [0.2, 0.25) is 0 Å². The van der Waals surface area contributed by atoms with Gasteiger partial charge in [0.15, 0.2) is 5.82 Å². The highest BCUT2D eigenvalue weighted by Crippen LogP contribution is 2.14. The van der Waals surface area contributed by atoms with Crippen LogP contribution in [0.4, 0.5) is 0 Å². The second kappa shape index (κ2) is 10.9. The van der Waals surface area contributed by atoms with Gasteiger partial charge in [0.1, 0.15) is 23.7 Å². The second-order valence-corrected chi connectivity index (χ2v) is 6.40. The Morgan fingerprint density at radius 3 is 2.25 bits per heavy atom. The molecule has 0 saturated carbocycles. The Balaban J connectivity index is 1.65. The largest absolute Gasteiger partial charge is 0.339 e. The van der Waals surface area contributed by atoms with Crippen LogP contribution >= 0.6 is 0 Å². The van der Waals surface area contributed by atoms with Crippen LogP contribution in [0.5, 0.6) is 0 Å². The highest BCUT2D eigenvalue weighted by atomic mass is 15.0. The van der Waals surface area contributed by atoms with Crippen molar-refractivity contribution < 1.29 is 0 Å². The molecule has 0 unspecified atom stereocenters. The minimum Gasteiger partial charge on any atom is -0.339 e. The highest BCUT2D eigenvalue weighted by molar-refractivity contribution is 5.47. The van der Waals surface area contributed by atoms with Crippen molar-refractivity contribution in [2.75, 3.05) is 0 Å². The van der Waals surface area contributed by atoms with Crippen molar-refractivity contribution in [3.8, 4) is 11.5 Å². The van der Waals surface area contributed by atoms with Crippen molar-refractivity contribution in [3.05, 3.63) is 24.2 Å². The zero-order valence-electron chi connectivity index (χ0n) is 15.2. The summed E-state index contributed by atoms with van der Waals surface area (Å²) in [6, 6.07) is 0. The molecule has 5 nitrogen and oxygen atoms in total. The molecule has 2 aromatic rings. The van der Waals surface area contributed by atoms with Gasteiger partial charge in [-0.1, -0.05) is 65.2 Å². The first-order valence-corrected chi connectivity index (χ1v) is 9.55. The summed E-state index contributed by atoms with van der Waals surface area (Å²) in [6.45, 7) is 4.31. The molecule has 0 aliphatic rings. The number of hydrogen-bond acceptors (Lipinski definition) is 4. The fourth-order valence-corrected chi connectivity index (χ4v) is 2.84. The summed E-state index contributed by atoms with van der Waals surface area (Å²) < 4.78 is 0. The molecule has 0 aromatic carbocycles. The summed E-state index contributed by atoms with van der Waals surface area (Å²) in [5, 5.41) is 0. The van der Waals surface area contributed by atoms with Crippen molar-refractivity contribution in [2.24, 2.45) is 0 Å². The molecule has 0 aliphatic carbocycles. The maximum atomic E-state index is 4.46. The Bertz CT molecular complexity index is 579. The Morgan fingerprint density at radius 2 is 1.54 bits per heavy atom. The smallest absolute Gasteiger partial charge is 0.180 e. The van der Waals surface area contributed by atoms with Gasteiger partial charge in [-0.3, -0.25) is 0 Å². The van der Waals surface area contributed by atoms with Crippen molar-refractivity contribution >= 4 is 0 Å². The Morgan fingerprint density at radius 1 is 0.833 bits per heavy atom. The van der Waals surface area contributed by atoms with Gasteiger partial charge in [-0.15, -0.1) is 0 Å². The molecule has 0 spiro atoms. The molecule has 0 saturated heterocycles. The normalized spacial score (nSPS) is 11.1. The lowest BCUT2D eigenvalue weighted by molar-refractivity contribution is 0.562. The molecule has 132 valence electrons. The van der Waals surface area contributed by atoms with E-state index in [9.17, 15) is 0 Å². The Hall–Kier alpha value is -1.78. The van der Waals surface area contributed by atoms with Crippen LogP contribution in [0.15, 0.2) is 12.5 Å². The third kappa shape index (κ3) is 6.38. The van der Waals surface area contributed by atoms with E-state index < -0.39 is 0 Å². The lowest BCUT2D eigenvalue weighted by atomic mass is 10.1. The molecule has 0 bridgehead atoms. The topological polar surface area (TPSA) is 67.3 Å². The SMILES string of the molecule is CCCCCCCCCCCc1ncc(-c2ncnc(CC)n2)[nH]1. The van der Waals surface area contributed by atoms with Crippen LogP contribution in [0.2, 0.25) is 0 Å². The number of aromatic amines is 1. The summed E-state index contributed by atoms with van der Waals surface area (Å²) in [4.78, 5) is 20.6. The van der Waals surface area contributed by atoms with Crippen molar-refractivity contribution in [1.29, 1.82) is 0 Å². The number of rotatable bonds is 12. The number of imidazole rings is 1. The van der Waals surface area contributed by atoms with Crippen LogP contribution in [0.3, 0.4) is 0 Å². The predicted octanol–water partition coefficient (Wildman–Crippen LogP) is 4.90. The minimum absolute atomic E-state index is 0.688. The number of nitrogens with zero attached hydrogens (tertiary/aromatic N) is 4. The van der Waals surface area contributed by atoms with Crippen molar-refractivity contribution in [3.63, 3.8) is 0 Å². The van der Waals surface area contributed by atoms with Crippen LogP contribution in [0.25, 0.3) is 11.5 Å². The van der Waals surface area contributed by atoms with Crippen molar-refractivity contribution in [1.82, 2.24) is 24.9 Å². The molecule has 1 N–H and O–H groups in total. The molecule has 0 amide bonds. The molecule has 2 aromatic heterocycles. The quantitative estimate of drug-likeness (QED) is 0.562. The first kappa shape index (κ1) is 18.6. The summed E-state index contributed by atoms with van der Waals surface area (Å²) >= 11 is 0. The van der Waals surface area contributed by atoms with Gasteiger partial charge in [0.05, 0.1) is 6.20 Å². The van der Waals surface area contributed by atoms with Crippen LogP contribution in [0.1, 0.15) is 83.3 Å². The molecule has 0 fully saturated rings. The third-order valence-corrected chi connectivity index (χ3v) is 4.32. The third-order valence-electron chi connectivity index (χ3n) is 4.32. The van der Waals surface area contributed by atoms with Gasteiger partial charge in [0.25, 0.3) is 0 Å². The molecule has 2 heterocycles. The first-order chi connectivity index (χ1) is 11.8. The molecular weight excluding hydrogens is 298 g/mol. The fourth-order valence-electron chi connectivity index (χ4n) is 2.84. The van der Waals surface area contributed by atoms with Gasteiger partial charge in [-0.2, -0.15) is 0 Å². The molecule has 0 atom stereocenters. The average Bonchev–Trinajstić information content (AvgIpc) is 3.09. The minimum atomic E-state index is 0.688. The van der Waals surface area contributed by atoms with Gasteiger partial charge < -0.3 is 4.98 Å². The zero-order chi connectivity index (χ0) is 17.0. The monoisotopic (exact) mass is 329 g/mol. The van der Waals surface area contributed by atoms with Crippen molar-refractivity contribution in [2.45, 2.75) is 84.5 Å². The lowest BCUT2D eigenvalue weighted by Gasteiger charge is -2.01. The maximum Gasteiger partial charge on any atom is 0.180 e. The summed E-state index contributed by atoms with van der Waals surface area (Å²) in [6.07, 6.45) is 17.3. The Labute approximate surface area is 145 Å². The number of hydrogen-bond donors (Lipinski definition) is 1. The van der Waals surface area contributed by atoms with Gasteiger partial charge in [-0.05, 0) is 6.42 Å². The fraction of sp³-hybridized carbons (Fsp3) is 0.684. The molecule has 2 rings (SSSR count). The molecule has 5 heteroatoms. The van der Waals surface area contributed by atoms with Gasteiger partial charge >= 0.3 is 0 Å². The standard InChI is InChI=1S/C19H31N5/c1-3-5-6-7-8-9-10-11-12-13-18-20-14-16(23-18)19-22-15-21-17(4-2)24-19/h14-15H,3-13H2,1-2H3,(H,20,23). The van der Waals surface area contributed by atoms with Crippen LogP contribution in [-0.2, 0) is 12.8 Å². The molecule has 0 aliphatic heterocycles. The Kier molecular flexibility index (Phi) is 8.42. The number of nitrogens with one attached hydrogen (secondary N) is 1. The van der Waals surface area contributed by atoms with E-state index >= 15 is 0 Å². The van der Waals surface area contributed by atoms with Gasteiger partial charge in [-0.25, -0.2) is 19.9 Å². The molecule has 24 heavy (non-hydrogen) atoms. The van der Waals surface area contributed by atoms with Crippen LogP contribution < -0.4 is 0 Å². The van der Waals surface area contributed by atoms with E-state index in [4.69, 9.17) is 0 Å². The summed E-state index contributed by atoms with van der Waals surface area (Å²) in [7, 11) is 0. The van der Waals surface area contributed by atoms with Crippen LogP contribution in [0, 0.1) is 0 Å². The number of aryl methyl sites for hydroxylation is 2. The molecular formula is C19H31N5. The van der Waals surface area contributed by atoms with E-state index in [0.29, 0.717) is 5.82 Å². The van der Waals surface area contributed by atoms with E-state index in [1.807, 2.05) is 13.1 Å². The summed E-state index contributed by atoms with van der Waals surface area (Å²) in [5.74, 6) is 2.54. The van der Waals surface area contributed by atoms with E-state index in [1.165, 1.54) is 57.8 Å². The van der Waals surface area contributed by atoms with E-state index in [-0.39, 0.29) is 0 Å². The van der Waals surface area contributed by atoms with Crippen LogP contribution in [-0.4, -0.2) is 24.9 Å². The zero-order valence-corrected chi connectivity index (χ0v) is 15.2. The number of aromatic nitrogens is 5. The maximum absolute atomic E-state index is 4.46. The highest BCUT2D eigenvalue weighted by Gasteiger charge is 2.07. The van der Waals surface area contributed by atoms with E-state index in [0.717, 1.165) is 30.2 Å².